The van der Waals surface area contributed by atoms with Crippen molar-refractivity contribution in [3.8, 4) is 0 Å². The highest BCUT2D eigenvalue weighted by Gasteiger charge is 2.15. The number of nitrogens with one attached hydrogen (secondary N) is 1. The summed E-state index contributed by atoms with van der Waals surface area (Å²) in [7, 11) is 0. The zero-order valence-corrected chi connectivity index (χ0v) is 10.2. The highest BCUT2D eigenvalue weighted by molar-refractivity contribution is 5.80. The molecule has 0 unspecified atom stereocenters. The van der Waals surface area contributed by atoms with Crippen molar-refractivity contribution in [3.05, 3.63) is 36.3 Å². The summed E-state index contributed by atoms with van der Waals surface area (Å²) in [5.74, 6) is 0.309. The van der Waals surface area contributed by atoms with Gasteiger partial charge in [-0.15, -0.1) is 6.58 Å². The molecule has 0 aromatic carbocycles. The first-order valence-corrected chi connectivity index (χ1v) is 5.43. The Kier molecular flexibility index (Phi) is 4.98. The molecule has 0 saturated carbocycles. The molecule has 2 amide bonds. The van der Waals surface area contributed by atoms with Crippen LogP contribution >= 0.6 is 0 Å². The second-order valence-electron chi connectivity index (χ2n) is 3.73. The number of aliphatic carboxylic acids is 1. The molecule has 0 saturated heterocycles. The normalized spacial score (nSPS) is 9.83. The number of hydrogen-bond donors (Lipinski definition) is 2. The minimum atomic E-state index is -1.07. The molecule has 1 aromatic rings. The molecule has 0 atom stereocenters. The van der Waals surface area contributed by atoms with Gasteiger partial charge in [0.15, 0.2) is 0 Å². The summed E-state index contributed by atoms with van der Waals surface area (Å²) in [6.45, 7) is 5.32. The third-order valence-corrected chi connectivity index (χ3v) is 2.17. The number of urea groups is 1. The van der Waals surface area contributed by atoms with E-state index in [2.05, 4.69) is 11.9 Å². The molecule has 0 aliphatic carbocycles. The van der Waals surface area contributed by atoms with E-state index in [1.54, 1.807) is 19.1 Å². The van der Waals surface area contributed by atoms with E-state index in [1.165, 1.54) is 6.08 Å². The highest BCUT2D eigenvalue weighted by Crippen LogP contribution is 2.05. The topological polar surface area (TPSA) is 82.8 Å². The Morgan fingerprint density at radius 2 is 2.28 bits per heavy atom. The maximum atomic E-state index is 11.7. The minimum Gasteiger partial charge on any atom is -0.480 e. The molecule has 6 nitrogen and oxygen atoms in total. The van der Waals surface area contributed by atoms with E-state index in [9.17, 15) is 9.59 Å². The standard InChI is InChI=1S/C12H16N2O4/c1-3-6-14(8-11(15)16)12(17)13-7-10-5-4-9(2)18-10/h3-5H,1,6-8H2,2H3,(H,13,17)(H,15,16). The van der Waals surface area contributed by atoms with Gasteiger partial charge in [-0.3, -0.25) is 4.79 Å². The minimum absolute atomic E-state index is 0.176. The summed E-state index contributed by atoms with van der Waals surface area (Å²) in [5, 5.41) is 11.3. The quantitative estimate of drug-likeness (QED) is 0.749. The van der Waals surface area contributed by atoms with Crippen LogP contribution in [0.3, 0.4) is 0 Å². The fourth-order valence-electron chi connectivity index (χ4n) is 1.39. The molecule has 0 radical (unpaired) electrons. The number of aryl methyl sites for hydroxylation is 1. The van der Waals surface area contributed by atoms with E-state index in [0.717, 1.165) is 10.7 Å². The first-order chi connectivity index (χ1) is 8.52. The second kappa shape index (κ2) is 6.48. The van der Waals surface area contributed by atoms with Crippen LogP contribution in [-0.4, -0.2) is 35.1 Å². The Balaban J connectivity index is 2.50. The molecule has 98 valence electrons. The summed E-state index contributed by atoms with van der Waals surface area (Å²) in [6.07, 6.45) is 1.47. The van der Waals surface area contributed by atoms with Gasteiger partial charge in [0.2, 0.25) is 0 Å². The molecule has 1 rings (SSSR count). The van der Waals surface area contributed by atoms with Crippen LogP contribution in [0, 0.1) is 6.92 Å². The predicted octanol–water partition coefficient (Wildman–Crippen LogP) is 1.37. The monoisotopic (exact) mass is 252 g/mol. The van der Waals surface area contributed by atoms with Crippen molar-refractivity contribution < 1.29 is 19.1 Å². The molecule has 1 heterocycles. The number of amides is 2. The molecule has 2 N–H and O–H groups in total. The maximum absolute atomic E-state index is 11.7. The van der Waals surface area contributed by atoms with Crippen molar-refractivity contribution in [2.75, 3.05) is 13.1 Å². The number of furan rings is 1. The van der Waals surface area contributed by atoms with Gasteiger partial charge in [0.25, 0.3) is 0 Å². The van der Waals surface area contributed by atoms with Gasteiger partial charge < -0.3 is 19.7 Å². The Morgan fingerprint density at radius 3 is 2.78 bits per heavy atom. The van der Waals surface area contributed by atoms with E-state index in [0.29, 0.717) is 5.76 Å². The molecule has 0 bridgehead atoms. The summed E-state index contributed by atoms with van der Waals surface area (Å²) in [4.78, 5) is 23.4. The Bertz CT molecular complexity index is 439. The van der Waals surface area contributed by atoms with Crippen molar-refractivity contribution in [1.29, 1.82) is 0 Å². The van der Waals surface area contributed by atoms with Crippen LogP contribution in [0.2, 0.25) is 0 Å². The van der Waals surface area contributed by atoms with Gasteiger partial charge in [-0.25, -0.2) is 4.79 Å². The molecule has 0 spiro atoms. The molecule has 0 aliphatic heterocycles. The van der Waals surface area contributed by atoms with E-state index in [-0.39, 0.29) is 19.6 Å². The predicted molar refractivity (Wildman–Crippen MR) is 65.1 cm³/mol. The van der Waals surface area contributed by atoms with Gasteiger partial charge in [-0.2, -0.15) is 0 Å². The van der Waals surface area contributed by atoms with E-state index in [1.807, 2.05) is 0 Å². The number of carboxylic acids is 1. The fraction of sp³-hybridized carbons (Fsp3) is 0.333. The summed E-state index contributed by atoms with van der Waals surface area (Å²) < 4.78 is 5.28. The largest absolute Gasteiger partial charge is 0.480 e. The van der Waals surface area contributed by atoms with Crippen molar-refractivity contribution in [2.45, 2.75) is 13.5 Å². The van der Waals surface area contributed by atoms with Gasteiger partial charge in [-0.1, -0.05) is 6.08 Å². The highest BCUT2D eigenvalue weighted by atomic mass is 16.4. The number of nitrogens with zero attached hydrogens (tertiary/aromatic N) is 1. The number of carbonyl (C=O) groups is 2. The zero-order chi connectivity index (χ0) is 13.5. The molecular weight excluding hydrogens is 236 g/mol. The SMILES string of the molecule is C=CCN(CC(=O)O)C(=O)NCc1ccc(C)o1. The molecule has 1 aromatic heterocycles. The number of carboxylic acid groups (broad SMARTS) is 1. The smallest absolute Gasteiger partial charge is 0.323 e. The second-order valence-corrected chi connectivity index (χ2v) is 3.73. The van der Waals surface area contributed by atoms with Crippen LogP contribution in [0.1, 0.15) is 11.5 Å². The molecule has 0 aliphatic rings. The lowest BCUT2D eigenvalue weighted by molar-refractivity contribution is -0.137. The third kappa shape index (κ3) is 4.32. The first kappa shape index (κ1) is 13.8. The average molecular weight is 252 g/mol. The summed E-state index contributed by atoms with van der Waals surface area (Å²) in [5.41, 5.74) is 0. The summed E-state index contributed by atoms with van der Waals surface area (Å²) in [6, 6.07) is 3.08. The van der Waals surface area contributed by atoms with Crippen LogP contribution in [0.4, 0.5) is 4.79 Å². The van der Waals surface area contributed by atoms with Gasteiger partial charge in [0.1, 0.15) is 18.1 Å². The Morgan fingerprint density at radius 1 is 1.56 bits per heavy atom. The van der Waals surface area contributed by atoms with Crippen LogP contribution in [0.5, 0.6) is 0 Å². The average Bonchev–Trinajstić information content (AvgIpc) is 2.71. The van der Waals surface area contributed by atoms with Crippen LogP contribution in [0.25, 0.3) is 0 Å². The van der Waals surface area contributed by atoms with Crippen molar-refractivity contribution >= 4 is 12.0 Å². The van der Waals surface area contributed by atoms with Crippen molar-refractivity contribution in [3.63, 3.8) is 0 Å². The Labute approximate surface area is 105 Å². The van der Waals surface area contributed by atoms with Crippen LogP contribution in [-0.2, 0) is 11.3 Å². The third-order valence-electron chi connectivity index (χ3n) is 2.17. The van der Waals surface area contributed by atoms with E-state index in [4.69, 9.17) is 9.52 Å². The van der Waals surface area contributed by atoms with Gasteiger partial charge in [0.05, 0.1) is 6.54 Å². The van der Waals surface area contributed by atoms with Crippen LogP contribution < -0.4 is 5.32 Å². The Hall–Kier alpha value is -2.24. The number of hydrogen-bond acceptors (Lipinski definition) is 3. The molecule has 6 heteroatoms. The van der Waals surface area contributed by atoms with E-state index < -0.39 is 12.0 Å². The lowest BCUT2D eigenvalue weighted by Crippen LogP contribution is -2.42. The summed E-state index contributed by atoms with van der Waals surface area (Å²) >= 11 is 0. The van der Waals surface area contributed by atoms with Crippen LogP contribution in [0.15, 0.2) is 29.2 Å². The lowest BCUT2D eigenvalue weighted by Gasteiger charge is -2.18. The zero-order valence-electron chi connectivity index (χ0n) is 10.2. The van der Waals surface area contributed by atoms with Gasteiger partial charge in [-0.05, 0) is 19.1 Å². The molecular formula is C12H16N2O4. The van der Waals surface area contributed by atoms with E-state index >= 15 is 0 Å². The fourth-order valence-corrected chi connectivity index (χ4v) is 1.39. The first-order valence-electron chi connectivity index (χ1n) is 5.43. The number of rotatable bonds is 6. The van der Waals surface area contributed by atoms with Crippen molar-refractivity contribution in [1.82, 2.24) is 10.2 Å². The molecule has 0 fully saturated rings. The maximum Gasteiger partial charge on any atom is 0.323 e. The number of carbonyl (C=O) groups excluding carboxylic acids is 1. The van der Waals surface area contributed by atoms with Gasteiger partial charge in [0, 0.05) is 6.54 Å². The lowest BCUT2D eigenvalue weighted by atomic mass is 10.4. The van der Waals surface area contributed by atoms with Gasteiger partial charge >= 0.3 is 12.0 Å². The van der Waals surface area contributed by atoms with Crippen molar-refractivity contribution in [2.24, 2.45) is 0 Å². The molecule has 18 heavy (non-hydrogen) atoms.